The summed E-state index contributed by atoms with van der Waals surface area (Å²) in [6, 6.07) is 7.97. The third-order valence-electron chi connectivity index (χ3n) is 2.12. The first-order valence-electron chi connectivity index (χ1n) is 4.92. The average Bonchev–Trinajstić information content (AvgIpc) is 2.76. The summed E-state index contributed by atoms with van der Waals surface area (Å²) in [6.45, 7) is 0. The van der Waals surface area contributed by atoms with Gasteiger partial charge in [0, 0.05) is 9.35 Å². The van der Waals surface area contributed by atoms with Gasteiger partial charge in [0.1, 0.15) is 5.82 Å². The van der Waals surface area contributed by atoms with Gasteiger partial charge in [-0.25, -0.2) is 4.39 Å². The first-order chi connectivity index (χ1) is 8.15. The fraction of sp³-hybridized carbons (Fsp3) is 0.0833. The zero-order chi connectivity index (χ0) is 12.3. The van der Waals surface area contributed by atoms with Gasteiger partial charge < -0.3 is 5.32 Å². The Kier molecular flexibility index (Phi) is 3.91. The van der Waals surface area contributed by atoms with Crippen molar-refractivity contribution < 1.29 is 9.18 Å². The van der Waals surface area contributed by atoms with Crippen molar-refractivity contribution in [1.82, 2.24) is 0 Å². The minimum atomic E-state index is -0.375. The number of benzene rings is 1. The van der Waals surface area contributed by atoms with E-state index in [4.69, 9.17) is 0 Å². The van der Waals surface area contributed by atoms with Crippen LogP contribution in [0.3, 0.4) is 0 Å². The maximum Gasteiger partial charge on any atom is 0.229 e. The lowest BCUT2D eigenvalue weighted by Gasteiger charge is -2.06. The van der Waals surface area contributed by atoms with Crippen molar-refractivity contribution in [1.29, 1.82) is 0 Å². The molecule has 1 aromatic heterocycles. The molecule has 0 radical (unpaired) electrons. The van der Waals surface area contributed by atoms with Gasteiger partial charge in [-0.3, -0.25) is 4.79 Å². The van der Waals surface area contributed by atoms with E-state index in [1.165, 1.54) is 23.5 Å². The summed E-state index contributed by atoms with van der Waals surface area (Å²) in [5.41, 5.74) is 0.451. The number of hydrogen-bond acceptors (Lipinski definition) is 2. The van der Waals surface area contributed by atoms with Crippen molar-refractivity contribution in [3.8, 4) is 0 Å². The van der Waals surface area contributed by atoms with Gasteiger partial charge in [0.15, 0.2) is 0 Å². The van der Waals surface area contributed by atoms with E-state index < -0.39 is 0 Å². The van der Waals surface area contributed by atoms with E-state index in [9.17, 15) is 9.18 Å². The molecule has 0 atom stereocenters. The highest BCUT2D eigenvalue weighted by atomic mass is 79.9. The standard InChI is InChI=1S/C12H9BrFNOS/c13-10-4-3-8(14)6-11(10)15-12(16)7-9-2-1-5-17-9/h1-6H,7H2,(H,15,16). The number of amides is 1. The fourth-order valence-electron chi connectivity index (χ4n) is 1.36. The highest BCUT2D eigenvalue weighted by molar-refractivity contribution is 9.10. The van der Waals surface area contributed by atoms with Gasteiger partial charge in [-0.1, -0.05) is 6.07 Å². The number of halogens is 2. The van der Waals surface area contributed by atoms with E-state index in [1.807, 2.05) is 17.5 Å². The second kappa shape index (κ2) is 5.42. The summed E-state index contributed by atoms with van der Waals surface area (Å²) < 4.78 is 13.7. The Morgan fingerprint density at radius 1 is 1.41 bits per heavy atom. The fourth-order valence-corrected chi connectivity index (χ4v) is 2.41. The highest BCUT2D eigenvalue weighted by Crippen LogP contribution is 2.23. The molecule has 0 aliphatic carbocycles. The molecule has 1 aromatic carbocycles. The van der Waals surface area contributed by atoms with Gasteiger partial charge in [-0.05, 0) is 45.6 Å². The molecule has 0 unspecified atom stereocenters. The first-order valence-corrected chi connectivity index (χ1v) is 6.60. The molecule has 0 saturated carbocycles. The van der Waals surface area contributed by atoms with Gasteiger partial charge >= 0.3 is 0 Å². The molecule has 5 heteroatoms. The van der Waals surface area contributed by atoms with E-state index in [2.05, 4.69) is 21.2 Å². The van der Waals surface area contributed by atoms with Crippen LogP contribution in [0.25, 0.3) is 0 Å². The molecule has 0 fully saturated rings. The van der Waals surface area contributed by atoms with Crippen molar-refractivity contribution in [2.75, 3.05) is 5.32 Å². The molecule has 88 valence electrons. The Morgan fingerprint density at radius 3 is 2.94 bits per heavy atom. The number of rotatable bonds is 3. The van der Waals surface area contributed by atoms with E-state index in [0.29, 0.717) is 16.6 Å². The molecular formula is C12H9BrFNOS. The van der Waals surface area contributed by atoms with Crippen LogP contribution in [0.5, 0.6) is 0 Å². The van der Waals surface area contributed by atoms with Gasteiger partial charge in [0.2, 0.25) is 5.91 Å². The van der Waals surface area contributed by atoms with Crippen LogP contribution in [0.1, 0.15) is 4.88 Å². The van der Waals surface area contributed by atoms with E-state index in [1.54, 1.807) is 6.07 Å². The van der Waals surface area contributed by atoms with Crippen molar-refractivity contribution in [2.24, 2.45) is 0 Å². The molecule has 2 nitrogen and oxygen atoms in total. The quantitative estimate of drug-likeness (QED) is 0.916. The normalized spacial score (nSPS) is 10.2. The minimum absolute atomic E-state index is 0.154. The van der Waals surface area contributed by atoms with Gasteiger partial charge in [-0.2, -0.15) is 0 Å². The van der Waals surface area contributed by atoms with Crippen LogP contribution in [0.4, 0.5) is 10.1 Å². The summed E-state index contributed by atoms with van der Waals surface area (Å²) >= 11 is 4.78. The zero-order valence-corrected chi connectivity index (χ0v) is 11.1. The summed E-state index contributed by atoms with van der Waals surface area (Å²) in [6.07, 6.45) is 0.306. The number of carbonyl (C=O) groups excluding carboxylic acids is 1. The molecular weight excluding hydrogens is 305 g/mol. The predicted molar refractivity (Wildman–Crippen MR) is 70.8 cm³/mol. The van der Waals surface area contributed by atoms with Crippen molar-refractivity contribution in [3.05, 3.63) is 50.9 Å². The SMILES string of the molecule is O=C(Cc1cccs1)Nc1cc(F)ccc1Br. The Hall–Kier alpha value is -1.20. The lowest BCUT2D eigenvalue weighted by atomic mass is 10.3. The number of carbonyl (C=O) groups is 1. The van der Waals surface area contributed by atoms with Gasteiger partial charge in [0.05, 0.1) is 12.1 Å². The maximum atomic E-state index is 13.0. The van der Waals surface area contributed by atoms with Gasteiger partial charge in [0.25, 0.3) is 0 Å². The summed E-state index contributed by atoms with van der Waals surface area (Å²) in [4.78, 5) is 12.7. The molecule has 0 spiro atoms. The number of nitrogens with one attached hydrogen (secondary N) is 1. The van der Waals surface area contributed by atoms with Crippen LogP contribution in [0, 0.1) is 5.82 Å². The highest BCUT2D eigenvalue weighted by Gasteiger charge is 2.08. The minimum Gasteiger partial charge on any atom is -0.325 e. The lowest BCUT2D eigenvalue weighted by molar-refractivity contribution is -0.115. The summed E-state index contributed by atoms with van der Waals surface area (Å²) in [7, 11) is 0. The smallest absolute Gasteiger partial charge is 0.229 e. The second-order valence-electron chi connectivity index (χ2n) is 3.43. The first kappa shape index (κ1) is 12.3. The number of anilines is 1. The number of hydrogen-bond donors (Lipinski definition) is 1. The third kappa shape index (κ3) is 3.38. The third-order valence-corrected chi connectivity index (χ3v) is 3.69. The Balaban J connectivity index is 2.05. The maximum absolute atomic E-state index is 13.0. The topological polar surface area (TPSA) is 29.1 Å². The lowest BCUT2D eigenvalue weighted by Crippen LogP contribution is -2.14. The number of thiophene rings is 1. The van der Waals surface area contributed by atoms with Crippen LogP contribution in [0.2, 0.25) is 0 Å². The molecule has 0 saturated heterocycles. The molecule has 1 N–H and O–H groups in total. The van der Waals surface area contributed by atoms with Crippen LogP contribution in [-0.2, 0) is 11.2 Å². The molecule has 0 bridgehead atoms. The zero-order valence-electron chi connectivity index (χ0n) is 8.74. The summed E-state index contributed by atoms with van der Waals surface area (Å²) in [5.74, 6) is -0.529. The Labute approximate surface area is 111 Å². The monoisotopic (exact) mass is 313 g/mol. The Bertz CT molecular complexity index is 527. The van der Waals surface area contributed by atoms with Crippen LogP contribution in [-0.4, -0.2) is 5.91 Å². The second-order valence-corrected chi connectivity index (χ2v) is 5.32. The van der Waals surface area contributed by atoms with E-state index in [0.717, 1.165) is 4.88 Å². The van der Waals surface area contributed by atoms with Crippen LogP contribution >= 0.6 is 27.3 Å². The largest absolute Gasteiger partial charge is 0.325 e. The van der Waals surface area contributed by atoms with Crippen LogP contribution in [0.15, 0.2) is 40.2 Å². The molecule has 2 aromatic rings. The van der Waals surface area contributed by atoms with Gasteiger partial charge in [-0.15, -0.1) is 11.3 Å². The van der Waals surface area contributed by atoms with E-state index >= 15 is 0 Å². The van der Waals surface area contributed by atoms with Crippen molar-refractivity contribution >= 4 is 38.9 Å². The van der Waals surface area contributed by atoms with Crippen LogP contribution < -0.4 is 5.32 Å². The molecule has 1 amide bonds. The molecule has 17 heavy (non-hydrogen) atoms. The summed E-state index contributed by atoms with van der Waals surface area (Å²) in [5, 5.41) is 4.59. The average molecular weight is 314 g/mol. The molecule has 0 aliphatic heterocycles. The van der Waals surface area contributed by atoms with E-state index in [-0.39, 0.29) is 11.7 Å². The van der Waals surface area contributed by atoms with Crippen molar-refractivity contribution in [2.45, 2.75) is 6.42 Å². The predicted octanol–water partition coefficient (Wildman–Crippen LogP) is 3.83. The molecule has 1 heterocycles. The molecule has 0 aliphatic rings. The van der Waals surface area contributed by atoms with Crippen molar-refractivity contribution in [3.63, 3.8) is 0 Å². The Morgan fingerprint density at radius 2 is 2.24 bits per heavy atom. The molecule has 2 rings (SSSR count).